The summed E-state index contributed by atoms with van der Waals surface area (Å²) < 4.78 is 9.61. The van der Waals surface area contributed by atoms with Gasteiger partial charge in [0, 0.05) is 24.3 Å². The van der Waals surface area contributed by atoms with Crippen molar-refractivity contribution in [2.24, 2.45) is 0 Å². The van der Waals surface area contributed by atoms with Gasteiger partial charge in [-0.1, -0.05) is 12.1 Å². The van der Waals surface area contributed by atoms with E-state index < -0.39 is 12.0 Å². The van der Waals surface area contributed by atoms with E-state index in [2.05, 4.69) is 15.4 Å². The van der Waals surface area contributed by atoms with Gasteiger partial charge in [-0.05, 0) is 47.9 Å². The summed E-state index contributed by atoms with van der Waals surface area (Å²) in [4.78, 5) is 37.5. The van der Waals surface area contributed by atoms with Crippen LogP contribution >= 0.6 is 0 Å². The number of hydrogen-bond donors (Lipinski definition) is 2. The predicted molar refractivity (Wildman–Crippen MR) is 107 cm³/mol. The van der Waals surface area contributed by atoms with Crippen molar-refractivity contribution in [2.75, 3.05) is 32.2 Å². The second-order valence-corrected chi connectivity index (χ2v) is 6.51. The molecule has 3 amide bonds. The van der Waals surface area contributed by atoms with Crippen LogP contribution in [0.4, 0.5) is 10.5 Å². The largest absolute Gasteiger partial charge is 0.497 e. The standard InChI is InChI=1S/C21H23N3O5/c1-28-17-7-5-16(6-8-17)20(26)24-10-9-15-4-3-14(11-18(15)24)12-22-21(27)23-13-19(25)29-2/h3-8,11H,9-10,12-13H2,1-2H3,(H2,22,23,27). The second kappa shape index (κ2) is 9.09. The molecule has 0 saturated heterocycles. The van der Waals surface area contributed by atoms with Crippen LogP contribution in [0, 0.1) is 0 Å². The average molecular weight is 397 g/mol. The molecule has 0 saturated carbocycles. The minimum atomic E-state index is -0.523. The van der Waals surface area contributed by atoms with Crippen molar-refractivity contribution in [3.63, 3.8) is 0 Å². The van der Waals surface area contributed by atoms with Crippen molar-refractivity contribution in [1.29, 1.82) is 0 Å². The fourth-order valence-corrected chi connectivity index (χ4v) is 3.10. The number of fused-ring (bicyclic) bond motifs is 1. The molecular weight excluding hydrogens is 374 g/mol. The minimum Gasteiger partial charge on any atom is -0.497 e. The molecule has 1 aliphatic rings. The number of esters is 1. The molecule has 2 aromatic carbocycles. The zero-order chi connectivity index (χ0) is 20.8. The van der Waals surface area contributed by atoms with E-state index in [0.717, 1.165) is 23.2 Å². The topological polar surface area (TPSA) is 97.0 Å². The maximum atomic E-state index is 12.9. The van der Waals surface area contributed by atoms with Crippen molar-refractivity contribution in [3.8, 4) is 5.75 Å². The van der Waals surface area contributed by atoms with Crippen LogP contribution in [0.3, 0.4) is 0 Å². The number of rotatable bonds is 6. The van der Waals surface area contributed by atoms with E-state index in [1.807, 2.05) is 18.2 Å². The summed E-state index contributed by atoms with van der Waals surface area (Å²) in [6.45, 7) is 0.679. The first-order valence-corrected chi connectivity index (χ1v) is 9.18. The highest BCUT2D eigenvalue weighted by Gasteiger charge is 2.25. The van der Waals surface area contributed by atoms with E-state index in [9.17, 15) is 14.4 Å². The van der Waals surface area contributed by atoms with Crippen molar-refractivity contribution in [1.82, 2.24) is 10.6 Å². The Balaban J connectivity index is 1.65. The van der Waals surface area contributed by atoms with E-state index in [4.69, 9.17) is 4.74 Å². The van der Waals surface area contributed by atoms with Gasteiger partial charge in [0.25, 0.3) is 5.91 Å². The maximum absolute atomic E-state index is 12.9. The molecule has 0 unspecified atom stereocenters. The number of anilines is 1. The van der Waals surface area contributed by atoms with Gasteiger partial charge in [0.05, 0.1) is 14.2 Å². The molecule has 3 rings (SSSR count). The van der Waals surface area contributed by atoms with E-state index in [0.29, 0.717) is 17.9 Å². The Kier molecular flexibility index (Phi) is 6.33. The van der Waals surface area contributed by atoms with Gasteiger partial charge in [-0.3, -0.25) is 9.59 Å². The Morgan fingerprint density at radius 1 is 1.03 bits per heavy atom. The number of carbonyl (C=O) groups is 3. The Hall–Kier alpha value is -3.55. The summed E-state index contributed by atoms with van der Waals surface area (Å²) >= 11 is 0. The van der Waals surface area contributed by atoms with Crippen LogP contribution in [0.2, 0.25) is 0 Å². The molecule has 1 aliphatic heterocycles. The number of methoxy groups -OCH3 is 2. The van der Waals surface area contributed by atoms with E-state index in [-0.39, 0.29) is 19.0 Å². The number of ether oxygens (including phenoxy) is 2. The summed E-state index contributed by atoms with van der Waals surface area (Å²) in [5, 5.41) is 5.10. The zero-order valence-electron chi connectivity index (χ0n) is 16.4. The van der Waals surface area contributed by atoms with E-state index in [1.54, 1.807) is 36.3 Å². The zero-order valence-corrected chi connectivity index (χ0v) is 16.4. The third-order valence-corrected chi connectivity index (χ3v) is 4.70. The fourth-order valence-electron chi connectivity index (χ4n) is 3.10. The second-order valence-electron chi connectivity index (χ2n) is 6.51. The summed E-state index contributed by atoms with van der Waals surface area (Å²) in [6, 6.07) is 12.3. The molecule has 0 radical (unpaired) electrons. The molecule has 0 spiro atoms. The molecule has 1 heterocycles. The molecule has 8 heteroatoms. The Morgan fingerprint density at radius 2 is 1.79 bits per heavy atom. The molecule has 0 bridgehead atoms. The number of benzene rings is 2. The third kappa shape index (κ3) is 4.84. The lowest BCUT2D eigenvalue weighted by Crippen LogP contribution is -2.38. The van der Waals surface area contributed by atoms with E-state index >= 15 is 0 Å². The molecule has 152 valence electrons. The van der Waals surface area contributed by atoms with Gasteiger partial charge in [-0.15, -0.1) is 0 Å². The molecule has 29 heavy (non-hydrogen) atoms. The molecule has 0 aliphatic carbocycles. The molecule has 8 nitrogen and oxygen atoms in total. The highest BCUT2D eigenvalue weighted by atomic mass is 16.5. The molecule has 0 atom stereocenters. The average Bonchev–Trinajstić information content (AvgIpc) is 3.18. The lowest BCUT2D eigenvalue weighted by atomic mass is 10.1. The smallest absolute Gasteiger partial charge is 0.325 e. The number of nitrogens with one attached hydrogen (secondary N) is 2. The van der Waals surface area contributed by atoms with Gasteiger partial charge in [0.2, 0.25) is 0 Å². The SMILES string of the molecule is COC(=O)CNC(=O)NCc1ccc2c(c1)N(C(=O)c1ccc(OC)cc1)CC2. The van der Waals surface area contributed by atoms with Crippen molar-refractivity contribution in [3.05, 3.63) is 59.2 Å². The summed E-state index contributed by atoms with van der Waals surface area (Å²) in [5.74, 6) is 0.0971. The summed E-state index contributed by atoms with van der Waals surface area (Å²) in [6.07, 6.45) is 0.782. The predicted octanol–water partition coefficient (Wildman–Crippen LogP) is 1.87. The van der Waals surface area contributed by atoms with Crippen LogP contribution in [-0.4, -0.2) is 45.2 Å². The Bertz CT molecular complexity index is 911. The van der Waals surface area contributed by atoms with Crippen LogP contribution in [0.1, 0.15) is 21.5 Å². The van der Waals surface area contributed by atoms with Crippen molar-refractivity contribution < 1.29 is 23.9 Å². The van der Waals surface area contributed by atoms with Crippen LogP contribution in [0.25, 0.3) is 0 Å². The monoisotopic (exact) mass is 397 g/mol. The molecule has 2 N–H and O–H groups in total. The highest BCUT2D eigenvalue weighted by Crippen LogP contribution is 2.30. The molecular formula is C21H23N3O5. The first-order valence-electron chi connectivity index (χ1n) is 9.18. The highest BCUT2D eigenvalue weighted by molar-refractivity contribution is 6.07. The molecule has 0 aromatic heterocycles. The minimum absolute atomic E-state index is 0.0765. The number of nitrogens with zero attached hydrogens (tertiary/aromatic N) is 1. The Morgan fingerprint density at radius 3 is 2.48 bits per heavy atom. The Labute approximate surface area is 168 Å². The number of carbonyl (C=O) groups excluding carboxylic acids is 3. The van der Waals surface area contributed by atoms with Gasteiger partial charge < -0.3 is 25.0 Å². The van der Waals surface area contributed by atoms with Crippen LogP contribution in [-0.2, 0) is 22.5 Å². The third-order valence-electron chi connectivity index (χ3n) is 4.70. The van der Waals surface area contributed by atoms with Crippen LogP contribution < -0.4 is 20.3 Å². The van der Waals surface area contributed by atoms with Crippen LogP contribution in [0.15, 0.2) is 42.5 Å². The van der Waals surface area contributed by atoms with Gasteiger partial charge in [-0.25, -0.2) is 4.79 Å². The lowest BCUT2D eigenvalue weighted by Gasteiger charge is -2.18. The molecule has 0 fully saturated rings. The fraction of sp³-hybridized carbons (Fsp3) is 0.286. The first kappa shape index (κ1) is 20.2. The lowest BCUT2D eigenvalue weighted by molar-refractivity contribution is -0.139. The van der Waals surface area contributed by atoms with E-state index in [1.165, 1.54) is 7.11 Å². The normalized spacial score (nSPS) is 12.1. The van der Waals surface area contributed by atoms with Crippen molar-refractivity contribution in [2.45, 2.75) is 13.0 Å². The van der Waals surface area contributed by atoms with Gasteiger partial charge in [0.15, 0.2) is 0 Å². The number of urea groups is 1. The van der Waals surface area contributed by atoms with Gasteiger partial charge in [0.1, 0.15) is 12.3 Å². The van der Waals surface area contributed by atoms with Gasteiger partial charge in [-0.2, -0.15) is 0 Å². The number of amides is 3. The van der Waals surface area contributed by atoms with Crippen LogP contribution in [0.5, 0.6) is 5.75 Å². The number of hydrogen-bond acceptors (Lipinski definition) is 5. The van der Waals surface area contributed by atoms with Gasteiger partial charge >= 0.3 is 12.0 Å². The first-order chi connectivity index (χ1) is 14.0. The van der Waals surface area contributed by atoms with Crippen molar-refractivity contribution >= 4 is 23.6 Å². The molecule has 2 aromatic rings. The summed E-state index contributed by atoms with van der Waals surface area (Å²) in [5.41, 5.74) is 3.38. The maximum Gasteiger partial charge on any atom is 0.325 e. The summed E-state index contributed by atoms with van der Waals surface area (Å²) in [7, 11) is 2.84. The quantitative estimate of drug-likeness (QED) is 0.726.